The molecule has 104 valence electrons. The lowest BCUT2D eigenvalue weighted by Gasteiger charge is -2.36. The van der Waals surface area contributed by atoms with Gasteiger partial charge in [-0.3, -0.25) is 4.90 Å². The van der Waals surface area contributed by atoms with E-state index in [9.17, 15) is 0 Å². The summed E-state index contributed by atoms with van der Waals surface area (Å²) < 4.78 is 1.16. The van der Waals surface area contributed by atoms with Crippen LogP contribution in [0.25, 0.3) is 10.2 Å². The molecule has 1 fully saturated rings. The highest BCUT2D eigenvalue weighted by Crippen LogP contribution is 2.30. The number of hydrogen-bond acceptors (Lipinski definition) is 5. The fourth-order valence-electron chi connectivity index (χ4n) is 2.55. The van der Waals surface area contributed by atoms with Crippen molar-refractivity contribution < 1.29 is 0 Å². The Balaban J connectivity index is 1.80. The molecule has 0 saturated carbocycles. The Morgan fingerprint density at radius 1 is 1.25 bits per heavy atom. The molecule has 3 rings (SSSR count). The molecule has 1 aliphatic rings. The zero-order valence-corrected chi connectivity index (χ0v) is 12.7. The van der Waals surface area contributed by atoms with Gasteiger partial charge in [0.15, 0.2) is 5.13 Å². The zero-order chi connectivity index (χ0) is 14.1. The lowest BCUT2D eigenvalue weighted by atomic mass is 10.2. The summed E-state index contributed by atoms with van der Waals surface area (Å²) in [4.78, 5) is 9.54. The topological polar surface area (TPSA) is 43.2 Å². The second kappa shape index (κ2) is 5.39. The Bertz CT molecular complexity index is 647. The molecule has 5 heteroatoms. The van der Waals surface area contributed by atoms with Crippen molar-refractivity contribution in [3.8, 4) is 6.07 Å². The van der Waals surface area contributed by atoms with Gasteiger partial charge in [0.1, 0.15) is 0 Å². The van der Waals surface area contributed by atoms with Crippen LogP contribution in [0.5, 0.6) is 0 Å². The van der Waals surface area contributed by atoms with Crippen molar-refractivity contribution in [3.05, 3.63) is 23.8 Å². The SMILES string of the molecule is CC(C)N1CCN(c2nc3cc(C#N)ccc3s2)CC1. The number of aromatic nitrogens is 1. The van der Waals surface area contributed by atoms with E-state index in [-0.39, 0.29) is 0 Å². The molecule has 0 N–H and O–H groups in total. The first-order chi connectivity index (χ1) is 9.67. The second-order valence-electron chi connectivity index (χ2n) is 5.41. The number of piperazine rings is 1. The molecule has 0 aliphatic carbocycles. The predicted octanol–water partition coefficient (Wildman–Crippen LogP) is 2.70. The van der Waals surface area contributed by atoms with Crippen LogP contribution in [0.1, 0.15) is 19.4 Å². The molecule has 0 atom stereocenters. The lowest BCUT2D eigenvalue weighted by molar-refractivity contribution is 0.209. The first-order valence-corrected chi connectivity index (χ1v) is 7.79. The quantitative estimate of drug-likeness (QED) is 0.851. The van der Waals surface area contributed by atoms with Crippen LogP contribution in [-0.4, -0.2) is 42.1 Å². The minimum Gasteiger partial charge on any atom is -0.345 e. The van der Waals surface area contributed by atoms with Gasteiger partial charge in [-0.05, 0) is 32.0 Å². The van der Waals surface area contributed by atoms with Gasteiger partial charge in [-0.25, -0.2) is 4.98 Å². The van der Waals surface area contributed by atoms with Crippen molar-refractivity contribution in [1.82, 2.24) is 9.88 Å². The van der Waals surface area contributed by atoms with Crippen molar-refractivity contribution in [2.45, 2.75) is 19.9 Å². The Hall–Kier alpha value is -1.64. The molecule has 4 nitrogen and oxygen atoms in total. The Labute approximate surface area is 123 Å². The summed E-state index contributed by atoms with van der Waals surface area (Å²) >= 11 is 1.72. The predicted molar refractivity (Wildman–Crippen MR) is 83.3 cm³/mol. The van der Waals surface area contributed by atoms with Gasteiger partial charge in [-0.1, -0.05) is 11.3 Å². The van der Waals surface area contributed by atoms with E-state index < -0.39 is 0 Å². The van der Waals surface area contributed by atoms with Crippen LogP contribution in [0.4, 0.5) is 5.13 Å². The van der Waals surface area contributed by atoms with Gasteiger partial charge in [0.25, 0.3) is 0 Å². The Morgan fingerprint density at radius 3 is 2.65 bits per heavy atom. The Morgan fingerprint density at radius 2 is 2.00 bits per heavy atom. The van der Waals surface area contributed by atoms with Crippen molar-refractivity contribution in [1.29, 1.82) is 5.26 Å². The molecule has 0 spiro atoms. The van der Waals surface area contributed by atoms with E-state index in [0.29, 0.717) is 11.6 Å². The lowest BCUT2D eigenvalue weighted by Crippen LogP contribution is -2.48. The van der Waals surface area contributed by atoms with E-state index in [2.05, 4.69) is 34.7 Å². The monoisotopic (exact) mass is 286 g/mol. The number of nitriles is 1. The van der Waals surface area contributed by atoms with Gasteiger partial charge in [0, 0.05) is 32.2 Å². The second-order valence-corrected chi connectivity index (χ2v) is 6.42. The summed E-state index contributed by atoms with van der Waals surface area (Å²) in [6, 6.07) is 8.52. The summed E-state index contributed by atoms with van der Waals surface area (Å²) in [5, 5.41) is 10.0. The summed E-state index contributed by atoms with van der Waals surface area (Å²) in [6.45, 7) is 8.74. The van der Waals surface area contributed by atoms with Crippen LogP contribution in [-0.2, 0) is 0 Å². The number of thiazole rings is 1. The number of nitrogens with zero attached hydrogens (tertiary/aromatic N) is 4. The molecule has 1 aliphatic heterocycles. The van der Waals surface area contributed by atoms with E-state index in [1.165, 1.54) is 0 Å². The molecule has 20 heavy (non-hydrogen) atoms. The van der Waals surface area contributed by atoms with E-state index in [0.717, 1.165) is 41.5 Å². The van der Waals surface area contributed by atoms with Crippen molar-refractivity contribution in [2.24, 2.45) is 0 Å². The molecule has 0 unspecified atom stereocenters. The Kier molecular flexibility index (Phi) is 3.60. The fraction of sp³-hybridized carbons (Fsp3) is 0.467. The van der Waals surface area contributed by atoms with Gasteiger partial charge < -0.3 is 4.90 Å². The molecule has 2 heterocycles. The van der Waals surface area contributed by atoms with Gasteiger partial charge in [0.2, 0.25) is 0 Å². The molecule has 0 radical (unpaired) electrons. The third-order valence-electron chi connectivity index (χ3n) is 3.82. The number of rotatable bonds is 2. The van der Waals surface area contributed by atoms with Crippen LogP contribution in [0.15, 0.2) is 18.2 Å². The van der Waals surface area contributed by atoms with E-state index >= 15 is 0 Å². The van der Waals surface area contributed by atoms with Crippen LogP contribution in [0.3, 0.4) is 0 Å². The van der Waals surface area contributed by atoms with Crippen LogP contribution in [0, 0.1) is 11.3 Å². The first-order valence-electron chi connectivity index (χ1n) is 6.97. The first kappa shape index (κ1) is 13.3. The number of anilines is 1. The minimum atomic E-state index is 0.616. The van der Waals surface area contributed by atoms with Crippen molar-refractivity contribution in [3.63, 3.8) is 0 Å². The summed E-state index contributed by atoms with van der Waals surface area (Å²) in [5.41, 5.74) is 1.62. The van der Waals surface area contributed by atoms with E-state index in [1.807, 2.05) is 18.2 Å². The van der Waals surface area contributed by atoms with Gasteiger partial charge in [-0.15, -0.1) is 0 Å². The van der Waals surface area contributed by atoms with Crippen molar-refractivity contribution >= 4 is 26.7 Å². The number of hydrogen-bond donors (Lipinski definition) is 0. The number of fused-ring (bicyclic) bond motifs is 1. The van der Waals surface area contributed by atoms with Crippen LogP contribution >= 0.6 is 11.3 Å². The third-order valence-corrected chi connectivity index (χ3v) is 4.92. The average molecular weight is 286 g/mol. The molecule has 1 aromatic heterocycles. The molecule has 2 aromatic rings. The highest BCUT2D eigenvalue weighted by Gasteiger charge is 2.21. The number of benzene rings is 1. The molecular formula is C15H18N4S. The molecule has 1 saturated heterocycles. The summed E-state index contributed by atoms with van der Waals surface area (Å²) in [5.74, 6) is 0. The maximum absolute atomic E-state index is 8.94. The molecule has 0 bridgehead atoms. The van der Waals surface area contributed by atoms with Crippen LogP contribution < -0.4 is 4.90 Å². The summed E-state index contributed by atoms with van der Waals surface area (Å²) in [7, 11) is 0. The van der Waals surface area contributed by atoms with Gasteiger partial charge in [-0.2, -0.15) is 5.26 Å². The maximum atomic E-state index is 8.94. The van der Waals surface area contributed by atoms with Crippen LogP contribution in [0.2, 0.25) is 0 Å². The maximum Gasteiger partial charge on any atom is 0.186 e. The standard InChI is InChI=1S/C15H18N4S/c1-11(2)18-5-7-19(8-6-18)15-17-13-9-12(10-16)3-4-14(13)20-15/h3-4,9,11H,5-8H2,1-2H3. The molecule has 1 aromatic carbocycles. The highest BCUT2D eigenvalue weighted by atomic mass is 32.1. The molecular weight excluding hydrogens is 268 g/mol. The highest BCUT2D eigenvalue weighted by molar-refractivity contribution is 7.22. The van der Waals surface area contributed by atoms with Gasteiger partial charge >= 0.3 is 0 Å². The minimum absolute atomic E-state index is 0.616. The average Bonchev–Trinajstić information content (AvgIpc) is 2.90. The van der Waals surface area contributed by atoms with Gasteiger partial charge in [0.05, 0.1) is 21.8 Å². The van der Waals surface area contributed by atoms with Crippen molar-refractivity contribution in [2.75, 3.05) is 31.1 Å². The normalized spacial score (nSPS) is 16.8. The summed E-state index contributed by atoms with van der Waals surface area (Å²) in [6.07, 6.45) is 0. The third kappa shape index (κ3) is 2.49. The van der Waals surface area contributed by atoms with E-state index in [4.69, 9.17) is 5.26 Å². The van der Waals surface area contributed by atoms with E-state index in [1.54, 1.807) is 11.3 Å². The zero-order valence-electron chi connectivity index (χ0n) is 11.8. The smallest absolute Gasteiger partial charge is 0.186 e. The largest absolute Gasteiger partial charge is 0.345 e. The molecule has 0 amide bonds. The fourth-order valence-corrected chi connectivity index (χ4v) is 3.55.